The van der Waals surface area contributed by atoms with E-state index in [1.165, 1.54) is 5.69 Å². The van der Waals surface area contributed by atoms with Crippen LogP contribution in [-0.2, 0) is 0 Å². The van der Waals surface area contributed by atoms with Crippen LogP contribution in [0.15, 0.2) is 60.7 Å². The molecular formula is C20H24N2O. The van der Waals surface area contributed by atoms with Crippen LogP contribution in [0.4, 0.5) is 5.69 Å². The molecule has 2 unspecified atom stereocenters. The van der Waals surface area contributed by atoms with Gasteiger partial charge in [-0.25, -0.2) is 0 Å². The fraction of sp³-hybridized carbons (Fsp3) is 0.350. The first-order valence-corrected chi connectivity index (χ1v) is 8.34. The molecule has 2 aromatic rings. The van der Waals surface area contributed by atoms with Gasteiger partial charge in [0.1, 0.15) is 0 Å². The largest absolute Gasteiger partial charge is 0.382 e. The van der Waals surface area contributed by atoms with E-state index in [1.54, 1.807) is 0 Å². The third-order valence-electron chi connectivity index (χ3n) is 4.58. The summed E-state index contributed by atoms with van der Waals surface area (Å²) in [7, 11) is 0. The number of Topliss-reactive ketones (excluding diaryl/α,β-unsaturated/α-hetero) is 1. The molecule has 0 aromatic heterocycles. The number of carbonyl (C=O) groups is 1. The molecule has 1 N–H and O–H groups in total. The van der Waals surface area contributed by atoms with Crippen molar-refractivity contribution in [2.75, 3.05) is 25.0 Å². The fourth-order valence-corrected chi connectivity index (χ4v) is 3.26. The van der Waals surface area contributed by atoms with Crippen molar-refractivity contribution < 1.29 is 4.79 Å². The number of benzene rings is 2. The van der Waals surface area contributed by atoms with E-state index in [1.807, 2.05) is 36.4 Å². The quantitative estimate of drug-likeness (QED) is 0.855. The molecule has 120 valence electrons. The minimum Gasteiger partial charge on any atom is -0.382 e. The Hall–Kier alpha value is -2.13. The number of para-hydroxylation sites is 1. The van der Waals surface area contributed by atoms with Crippen LogP contribution in [0, 0.1) is 5.92 Å². The van der Waals surface area contributed by atoms with Crippen LogP contribution < -0.4 is 5.32 Å². The number of piperidine rings is 1. The lowest BCUT2D eigenvalue weighted by Crippen LogP contribution is -2.46. The number of anilines is 1. The summed E-state index contributed by atoms with van der Waals surface area (Å²) in [5.74, 6) is 0.736. The van der Waals surface area contributed by atoms with E-state index < -0.39 is 0 Å². The summed E-state index contributed by atoms with van der Waals surface area (Å²) in [6.07, 6.45) is 1.07. The molecule has 0 radical (unpaired) electrons. The predicted octanol–water partition coefficient (Wildman–Crippen LogP) is 3.69. The summed E-state index contributed by atoms with van der Waals surface area (Å²) in [4.78, 5) is 14.6. The van der Waals surface area contributed by atoms with Crippen molar-refractivity contribution in [2.24, 2.45) is 5.92 Å². The second kappa shape index (κ2) is 7.42. The molecule has 0 aliphatic carbocycles. The zero-order chi connectivity index (χ0) is 16.1. The number of nitrogens with one attached hydrogen (secondary N) is 1. The molecule has 1 aliphatic rings. The van der Waals surface area contributed by atoms with Crippen molar-refractivity contribution >= 4 is 11.5 Å². The maximum atomic E-state index is 12.3. The molecule has 3 heteroatoms. The minimum absolute atomic E-state index is 0.215. The normalized spacial score (nSPS) is 21.8. The zero-order valence-corrected chi connectivity index (χ0v) is 13.6. The van der Waals surface area contributed by atoms with Crippen LogP contribution in [0.25, 0.3) is 0 Å². The number of rotatable bonds is 5. The van der Waals surface area contributed by atoms with Crippen LogP contribution in [-0.4, -0.2) is 36.4 Å². The van der Waals surface area contributed by atoms with Gasteiger partial charge in [0.25, 0.3) is 0 Å². The summed E-state index contributed by atoms with van der Waals surface area (Å²) in [5.41, 5.74) is 1.99. The van der Waals surface area contributed by atoms with Crippen molar-refractivity contribution in [3.63, 3.8) is 0 Å². The summed E-state index contributed by atoms with van der Waals surface area (Å²) in [5, 5.41) is 3.62. The zero-order valence-electron chi connectivity index (χ0n) is 13.6. The minimum atomic E-state index is 0.215. The Balaban J connectivity index is 1.53. The Labute approximate surface area is 138 Å². The smallest absolute Gasteiger partial charge is 0.176 e. The molecule has 3 nitrogen and oxygen atoms in total. The maximum Gasteiger partial charge on any atom is 0.176 e. The first-order valence-electron chi connectivity index (χ1n) is 8.34. The van der Waals surface area contributed by atoms with Gasteiger partial charge in [-0.1, -0.05) is 55.5 Å². The van der Waals surface area contributed by atoms with Gasteiger partial charge in [0.2, 0.25) is 0 Å². The standard InChI is InChI=1S/C20H24N2O/c1-16-14-22(15-20(23)17-8-4-2-5-9-17)13-12-19(16)21-18-10-6-3-7-11-18/h2-11,16,19,21H,12-15H2,1H3. The number of hydrogen-bond donors (Lipinski definition) is 1. The van der Waals surface area contributed by atoms with Gasteiger partial charge in [-0.05, 0) is 24.5 Å². The first-order chi connectivity index (χ1) is 11.2. The van der Waals surface area contributed by atoms with E-state index in [0.29, 0.717) is 18.5 Å². The third-order valence-corrected chi connectivity index (χ3v) is 4.58. The van der Waals surface area contributed by atoms with Crippen LogP contribution in [0.2, 0.25) is 0 Å². The van der Waals surface area contributed by atoms with Gasteiger partial charge in [0.15, 0.2) is 5.78 Å². The lowest BCUT2D eigenvalue weighted by Gasteiger charge is -2.37. The molecule has 1 heterocycles. The molecule has 0 saturated carbocycles. The van der Waals surface area contributed by atoms with Gasteiger partial charge in [-0.15, -0.1) is 0 Å². The average molecular weight is 308 g/mol. The van der Waals surface area contributed by atoms with Crippen molar-refractivity contribution in [1.29, 1.82) is 0 Å². The maximum absolute atomic E-state index is 12.3. The highest BCUT2D eigenvalue weighted by Crippen LogP contribution is 2.21. The van der Waals surface area contributed by atoms with Gasteiger partial charge < -0.3 is 5.32 Å². The van der Waals surface area contributed by atoms with Gasteiger partial charge in [-0.3, -0.25) is 9.69 Å². The van der Waals surface area contributed by atoms with Crippen LogP contribution >= 0.6 is 0 Å². The number of hydrogen-bond acceptors (Lipinski definition) is 3. The van der Waals surface area contributed by atoms with E-state index in [0.717, 1.165) is 25.1 Å². The van der Waals surface area contributed by atoms with E-state index in [9.17, 15) is 4.79 Å². The molecular weight excluding hydrogens is 284 g/mol. The van der Waals surface area contributed by atoms with Crippen molar-refractivity contribution in [3.8, 4) is 0 Å². The Morgan fingerprint density at radius 3 is 2.39 bits per heavy atom. The van der Waals surface area contributed by atoms with Gasteiger partial charge in [0.05, 0.1) is 6.54 Å². The molecule has 2 aromatic carbocycles. The van der Waals surface area contributed by atoms with Crippen molar-refractivity contribution in [3.05, 3.63) is 66.2 Å². The summed E-state index contributed by atoms with van der Waals surface area (Å²) in [6, 6.07) is 20.4. The van der Waals surface area contributed by atoms with Gasteiger partial charge in [0, 0.05) is 30.4 Å². The second-order valence-electron chi connectivity index (χ2n) is 6.41. The van der Waals surface area contributed by atoms with E-state index in [-0.39, 0.29) is 5.78 Å². The summed E-state index contributed by atoms with van der Waals surface area (Å²) < 4.78 is 0. The Morgan fingerprint density at radius 1 is 1.09 bits per heavy atom. The van der Waals surface area contributed by atoms with Crippen LogP contribution in [0.3, 0.4) is 0 Å². The number of likely N-dealkylation sites (tertiary alicyclic amines) is 1. The van der Waals surface area contributed by atoms with E-state index in [4.69, 9.17) is 0 Å². The average Bonchev–Trinajstić information content (AvgIpc) is 2.59. The molecule has 2 atom stereocenters. The molecule has 3 rings (SSSR count). The second-order valence-corrected chi connectivity index (χ2v) is 6.41. The third kappa shape index (κ3) is 4.20. The first kappa shape index (κ1) is 15.8. The highest BCUT2D eigenvalue weighted by atomic mass is 16.1. The van der Waals surface area contributed by atoms with E-state index >= 15 is 0 Å². The molecule has 0 bridgehead atoms. The van der Waals surface area contributed by atoms with E-state index in [2.05, 4.69) is 41.4 Å². The highest BCUT2D eigenvalue weighted by Gasteiger charge is 2.27. The van der Waals surface area contributed by atoms with Crippen LogP contribution in [0.1, 0.15) is 23.7 Å². The van der Waals surface area contributed by atoms with Gasteiger partial charge >= 0.3 is 0 Å². The monoisotopic (exact) mass is 308 g/mol. The van der Waals surface area contributed by atoms with Crippen molar-refractivity contribution in [2.45, 2.75) is 19.4 Å². The Bertz CT molecular complexity index is 627. The number of carbonyl (C=O) groups excluding carboxylic acids is 1. The fourth-order valence-electron chi connectivity index (χ4n) is 3.26. The number of ketones is 1. The van der Waals surface area contributed by atoms with Crippen LogP contribution in [0.5, 0.6) is 0 Å². The number of nitrogens with zero attached hydrogens (tertiary/aromatic N) is 1. The molecule has 0 spiro atoms. The lowest BCUT2D eigenvalue weighted by atomic mass is 9.93. The molecule has 23 heavy (non-hydrogen) atoms. The molecule has 1 aliphatic heterocycles. The Kier molecular flexibility index (Phi) is 5.09. The lowest BCUT2D eigenvalue weighted by molar-refractivity contribution is 0.0884. The van der Waals surface area contributed by atoms with Crippen molar-refractivity contribution in [1.82, 2.24) is 4.90 Å². The molecule has 0 amide bonds. The van der Waals surface area contributed by atoms with Gasteiger partial charge in [-0.2, -0.15) is 0 Å². The summed E-state index contributed by atoms with van der Waals surface area (Å²) >= 11 is 0. The highest BCUT2D eigenvalue weighted by molar-refractivity contribution is 5.97. The predicted molar refractivity (Wildman–Crippen MR) is 94.8 cm³/mol. The Morgan fingerprint density at radius 2 is 1.74 bits per heavy atom. The summed E-state index contributed by atoms with van der Waals surface area (Å²) in [6.45, 7) is 4.71. The molecule has 1 fully saturated rings. The SMILES string of the molecule is CC1CN(CC(=O)c2ccccc2)CCC1Nc1ccccc1. The molecule has 1 saturated heterocycles. The topological polar surface area (TPSA) is 32.3 Å².